The number of hydrogen-bond donors (Lipinski definition) is 2. The van der Waals surface area contributed by atoms with Gasteiger partial charge >= 0.3 is 0 Å². The fraction of sp³-hybridized carbons (Fsp3) is 0.750. The highest BCUT2D eigenvalue weighted by Crippen LogP contribution is 2.20. The summed E-state index contributed by atoms with van der Waals surface area (Å²) >= 11 is 0. The number of aromatic nitrogens is 2. The Morgan fingerprint density at radius 2 is 2.12 bits per heavy atom. The maximum absolute atomic E-state index is 9.58. The van der Waals surface area contributed by atoms with Gasteiger partial charge in [0, 0.05) is 38.0 Å². The van der Waals surface area contributed by atoms with Crippen molar-refractivity contribution in [3.05, 3.63) is 17.0 Å². The van der Waals surface area contributed by atoms with Crippen LogP contribution in [0.25, 0.3) is 0 Å². The van der Waals surface area contributed by atoms with Crippen LogP contribution in [0.4, 0.5) is 0 Å². The molecule has 0 amide bonds. The van der Waals surface area contributed by atoms with Gasteiger partial charge in [0.25, 0.3) is 0 Å². The van der Waals surface area contributed by atoms with Gasteiger partial charge in [0.05, 0.1) is 18.4 Å². The van der Waals surface area contributed by atoms with Gasteiger partial charge in [-0.25, -0.2) is 0 Å². The van der Waals surface area contributed by atoms with E-state index in [4.69, 9.17) is 4.74 Å². The van der Waals surface area contributed by atoms with Crippen molar-refractivity contribution in [1.29, 1.82) is 0 Å². The topological polar surface area (TPSA) is 59.3 Å². The minimum atomic E-state index is -0.472. The molecule has 0 radical (unpaired) electrons. The first-order valence-corrected chi connectivity index (χ1v) is 5.87. The fourth-order valence-electron chi connectivity index (χ4n) is 2.08. The van der Waals surface area contributed by atoms with Gasteiger partial charge in [0.2, 0.25) is 0 Å². The molecule has 2 unspecified atom stereocenters. The maximum atomic E-state index is 9.58. The van der Waals surface area contributed by atoms with E-state index in [0.717, 1.165) is 11.4 Å². The number of aryl methyl sites for hydroxylation is 2. The molecular formula is C12H23N3O2. The van der Waals surface area contributed by atoms with Crippen LogP contribution in [-0.2, 0) is 11.8 Å². The van der Waals surface area contributed by atoms with Crippen LogP contribution in [0.15, 0.2) is 0 Å². The first kappa shape index (κ1) is 14.2. The third-order valence-electron chi connectivity index (χ3n) is 3.02. The molecule has 0 aliphatic rings. The molecule has 1 heterocycles. The Bertz CT molecular complexity index is 363. The number of methoxy groups -OCH3 is 1. The quantitative estimate of drug-likeness (QED) is 0.769. The molecule has 2 atom stereocenters. The number of hydrogen-bond acceptors (Lipinski definition) is 4. The molecule has 0 aromatic carbocycles. The van der Waals surface area contributed by atoms with Gasteiger partial charge in [0.15, 0.2) is 0 Å². The molecule has 1 aromatic rings. The third-order valence-corrected chi connectivity index (χ3v) is 3.02. The van der Waals surface area contributed by atoms with Gasteiger partial charge in [-0.05, 0) is 20.8 Å². The van der Waals surface area contributed by atoms with E-state index in [1.807, 2.05) is 18.7 Å². The summed E-state index contributed by atoms with van der Waals surface area (Å²) < 4.78 is 6.77. The largest absolute Gasteiger partial charge is 0.389 e. The van der Waals surface area contributed by atoms with Crippen molar-refractivity contribution in [2.45, 2.75) is 32.9 Å². The van der Waals surface area contributed by atoms with Gasteiger partial charge in [-0.1, -0.05) is 0 Å². The standard InChI is InChI=1S/C12H23N3O2/c1-8(13-6-11(16)7-17-5)12-9(2)14-15(4)10(12)3/h8,11,13,16H,6-7H2,1-5H3. The van der Waals surface area contributed by atoms with E-state index >= 15 is 0 Å². The van der Waals surface area contributed by atoms with Crippen molar-refractivity contribution < 1.29 is 9.84 Å². The van der Waals surface area contributed by atoms with Crippen LogP contribution in [0.3, 0.4) is 0 Å². The highest BCUT2D eigenvalue weighted by molar-refractivity contribution is 5.27. The summed E-state index contributed by atoms with van der Waals surface area (Å²) in [7, 11) is 3.53. The number of aliphatic hydroxyl groups is 1. The molecule has 0 aliphatic heterocycles. The zero-order valence-electron chi connectivity index (χ0n) is 11.3. The first-order chi connectivity index (χ1) is 7.97. The predicted molar refractivity (Wildman–Crippen MR) is 67.0 cm³/mol. The Kier molecular flexibility index (Phi) is 5.11. The molecule has 0 saturated carbocycles. The van der Waals surface area contributed by atoms with Gasteiger partial charge < -0.3 is 15.2 Å². The fourth-order valence-corrected chi connectivity index (χ4v) is 2.08. The van der Waals surface area contributed by atoms with Crippen molar-refractivity contribution in [2.24, 2.45) is 7.05 Å². The molecule has 2 N–H and O–H groups in total. The lowest BCUT2D eigenvalue weighted by Crippen LogP contribution is -2.32. The third kappa shape index (κ3) is 3.52. The van der Waals surface area contributed by atoms with Gasteiger partial charge in [-0.2, -0.15) is 5.10 Å². The Hall–Kier alpha value is -0.910. The summed E-state index contributed by atoms with van der Waals surface area (Å²) in [6.45, 7) is 7.01. The van der Waals surface area contributed by atoms with E-state index in [2.05, 4.69) is 24.3 Å². The first-order valence-electron chi connectivity index (χ1n) is 5.87. The zero-order valence-corrected chi connectivity index (χ0v) is 11.3. The molecule has 0 fully saturated rings. The van der Waals surface area contributed by atoms with Crippen molar-refractivity contribution in [1.82, 2.24) is 15.1 Å². The van der Waals surface area contributed by atoms with Gasteiger partial charge in [0.1, 0.15) is 0 Å². The summed E-state index contributed by atoms with van der Waals surface area (Å²) in [4.78, 5) is 0. The van der Waals surface area contributed by atoms with Crippen LogP contribution in [0.1, 0.15) is 29.9 Å². The van der Waals surface area contributed by atoms with Crippen LogP contribution in [0, 0.1) is 13.8 Å². The van der Waals surface area contributed by atoms with E-state index in [-0.39, 0.29) is 6.04 Å². The lowest BCUT2D eigenvalue weighted by atomic mass is 10.1. The smallest absolute Gasteiger partial charge is 0.0897 e. The van der Waals surface area contributed by atoms with Crippen LogP contribution in [-0.4, -0.2) is 41.3 Å². The Morgan fingerprint density at radius 3 is 2.59 bits per heavy atom. The SMILES string of the molecule is COCC(O)CNC(C)c1c(C)nn(C)c1C. The van der Waals surface area contributed by atoms with Gasteiger partial charge in [-0.3, -0.25) is 4.68 Å². The van der Waals surface area contributed by atoms with Crippen molar-refractivity contribution >= 4 is 0 Å². The second-order valence-electron chi connectivity index (χ2n) is 4.45. The summed E-state index contributed by atoms with van der Waals surface area (Å²) in [5.41, 5.74) is 3.40. The number of nitrogens with zero attached hydrogens (tertiary/aromatic N) is 2. The molecule has 98 valence electrons. The summed E-state index contributed by atoms with van der Waals surface area (Å²) in [5.74, 6) is 0. The normalized spacial score (nSPS) is 14.9. The minimum absolute atomic E-state index is 0.176. The number of aliphatic hydroxyl groups excluding tert-OH is 1. The second kappa shape index (κ2) is 6.14. The van der Waals surface area contributed by atoms with Crippen LogP contribution < -0.4 is 5.32 Å². The van der Waals surface area contributed by atoms with Crippen LogP contribution >= 0.6 is 0 Å². The van der Waals surface area contributed by atoms with E-state index in [9.17, 15) is 5.11 Å². The highest BCUT2D eigenvalue weighted by atomic mass is 16.5. The van der Waals surface area contributed by atoms with Crippen LogP contribution in [0.5, 0.6) is 0 Å². The van der Waals surface area contributed by atoms with E-state index in [1.165, 1.54) is 5.56 Å². The average Bonchev–Trinajstić information content (AvgIpc) is 2.50. The predicted octanol–water partition coefficient (Wildman–Crippen LogP) is 0.695. The summed E-state index contributed by atoms with van der Waals surface area (Å²) in [6.07, 6.45) is -0.472. The highest BCUT2D eigenvalue weighted by Gasteiger charge is 2.16. The molecular weight excluding hydrogens is 218 g/mol. The minimum Gasteiger partial charge on any atom is -0.389 e. The number of nitrogens with one attached hydrogen (secondary N) is 1. The molecule has 5 heteroatoms. The van der Waals surface area contributed by atoms with Crippen molar-refractivity contribution in [2.75, 3.05) is 20.3 Å². The van der Waals surface area contributed by atoms with E-state index in [0.29, 0.717) is 13.2 Å². The Balaban J connectivity index is 2.61. The molecule has 17 heavy (non-hydrogen) atoms. The molecule has 0 aliphatic carbocycles. The molecule has 0 saturated heterocycles. The molecule has 0 bridgehead atoms. The lowest BCUT2D eigenvalue weighted by molar-refractivity contribution is 0.0630. The van der Waals surface area contributed by atoms with E-state index in [1.54, 1.807) is 7.11 Å². The monoisotopic (exact) mass is 241 g/mol. The number of ether oxygens (including phenoxy) is 1. The molecule has 5 nitrogen and oxygen atoms in total. The zero-order chi connectivity index (χ0) is 13.0. The molecule has 1 rings (SSSR count). The Labute approximate surface area is 103 Å². The van der Waals surface area contributed by atoms with Gasteiger partial charge in [-0.15, -0.1) is 0 Å². The maximum Gasteiger partial charge on any atom is 0.0897 e. The summed E-state index contributed by atoms with van der Waals surface area (Å²) in [6, 6.07) is 0.176. The lowest BCUT2D eigenvalue weighted by Gasteiger charge is -2.17. The number of rotatable bonds is 6. The summed E-state index contributed by atoms with van der Waals surface area (Å²) in [5, 5.41) is 17.3. The molecule has 1 aromatic heterocycles. The molecule has 0 spiro atoms. The Morgan fingerprint density at radius 1 is 1.47 bits per heavy atom. The van der Waals surface area contributed by atoms with Crippen LogP contribution in [0.2, 0.25) is 0 Å². The van der Waals surface area contributed by atoms with Crippen molar-refractivity contribution in [3.63, 3.8) is 0 Å². The second-order valence-corrected chi connectivity index (χ2v) is 4.45. The van der Waals surface area contributed by atoms with Crippen molar-refractivity contribution in [3.8, 4) is 0 Å². The average molecular weight is 241 g/mol. The van der Waals surface area contributed by atoms with E-state index < -0.39 is 6.10 Å².